The van der Waals surface area contributed by atoms with Crippen molar-refractivity contribution >= 4 is 17.8 Å². The first-order valence-electron chi connectivity index (χ1n) is 7.89. The minimum atomic E-state index is -0.273. The molecule has 2 rings (SSSR count). The molecule has 0 aromatic carbocycles. The van der Waals surface area contributed by atoms with E-state index in [-0.39, 0.29) is 6.10 Å². The number of nitrogens with zero attached hydrogens (tertiary/aromatic N) is 4. The summed E-state index contributed by atoms with van der Waals surface area (Å²) in [6.45, 7) is 7.43. The molecule has 3 N–H and O–H groups in total. The number of rotatable bonds is 8. The Morgan fingerprint density at radius 3 is 2.38 bits per heavy atom. The van der Waals surface area contributed by atoms with E-state index in [0.717, 1.165) is 32.0 Å². The third kappa shape index (κ3) is 4.70. The average molecular weight is 294 g/mol. The first-order valence-corrected chi connectivity index (χ1v) is 7.89. The van der Waals surface area contributed by atoms with Crippen LogP contribution in [0.3, 0.4) is 0 Å². The standard InChI is InChI=1S/C14H26N6O/c1-3-11(21)7-8-16-13-17-12(15-4-2)18-14(19-13)20-9-5-6-10-20/h11,21H,3-10H2,1-2H3,(H2,15,16,17,18,19). The van der Waals surface area contributed by atoms with Crippen molar-refractivity contribution in [1.82, 2.24) is 15.0 Å². The molecule has 118 valence electrons. The largest absolute Gasteiger partial charge is 0.393 e. The molecule has 1 aromatic rings. The van der Waals surface area contributed by atoms with Gasteiger partial charge in [0.2, 0.25) is 17.8 Å². The fourth-order valence-electron chi connectivity index (χ4n) is 2.29. The van der Waals surface area contributed by atoms with Crippen molar-refractivity contribution in [2.45, 2.75) is 45.6 Å². The van der Waals surface area contributed by atoms with Crippen molar-refractivity contribution in [3.8, 4) is 0 Å². The average Bonchev–Trinajstić information content (AvgIpc) is 3.01. The summed E-state index contributed by atoms with van der Waals surface area (Å²) in [5.74, 6) is 1.91. The Labute approximate surface area is 126 Å². The molecule has 0 saturated carbocycles. The minimum Gasteiger partial charge on any atom is -0.393 e. The molecule has 1 unspecified atom stereocenters. The number of anilines is 3. The van der Waals surface area contributed by atoms with Crippen molar-refractivity contribution in [1.29, 1.82) is 0 Å². The molecule has 1 aliphatic rings. The van der Waals surface area contributed by atoms with Gasteiger partial charge in [0.15, 0.2) is 0 Å². The predicted octanol–water partition coefficient (Wildman–Crippen LogP) is 1.48. The van der Waals surface area contributed by atoms with E-state index in [1.54, 1.807) is 0 Å². The van der Waals surface area contributed by atoms with E-state index in [9.17, 15) is 5.11 Å². The van der Waals surface area contributed by atoms with E-state index in [2.05, 4.69) is 30.5 Å². The van der Waals surface area contributed by atoms with E-state index in [1.807, 2.05) is 13.8 Å². The lowest BCUT2D eigenvalue weighted by molar-refractivity contribution is 0.164. The van der Waals surface area contributed by atoms with Gasteiger partial charge in [-0.25, -0.2) is 0 Å². The zero-order chi connectivity index (χ0) is 15.1. The Balaban J connectivity index is 2.04. The van der Waals surface area contributed by atoms with E-state index in [1.165, 1.54) is 12.8 Å². The lowest BCUT2D eigenvalue weighted by Gasteiger charge is -2.17. The second kappa shape index (κ2) is 7.97. The fraction of sp³-hybridized carbons (Fsp3) is 0.786. The lowest BCUT2D eigenvalue weighted by atomic mass is 10.2. The van der Waals surface area contributed by atoms with Crippen molar-refractivity contribution in [2.75, 3.05) is 41.7 Å². The molecule has 1 aliphatic heterocycles. The van der Waals surface area contributed by atoms with Crippen LogP contribution in [0.4, 0.5) is 17.8 Å². The molecule has 0 bridgehead atoms. The fourth-order valence-corrected chi connectivity index (χ4v) is 2.29. The highest BCUT2D eigenvalue weighted by molar-refractivity contribution is 5.44. The number of nitrogens with one attached hydrogen (secondary N) is 2. The van der Waals surface area contributed by atoms with Crippen LogP contribution in [0.25, 0.3) is 0 Å². The van der Waals surface area contributed by atoms with Gasteiger partial charge in [0.1, 0.15) is 0 Å². The van der Waals surface area contributed by atoms with Gasteiger partial charge >= 0.3 is 0 Å². The summed E-state index contributed by atoms with van der Waals surface area (Å²) in [7, 11) is 0. The number of aromatic nitrogens is 3. The molecule has 2 heterocycles. The van der Waals surface area contributed by atoms with E-state index < -0.39 is 0 Å². The van der Waals surface area contributed by atoms with Crippen molar-refractivity contribution in [3.63, 3.8) is 0 Å². The lowest BCUT2D eigenvalue weighted by Crippen LogP contribution is -2.23. The highest BCUT2D eigenvalue weighted by Crippen LogP contribution is 2.18. The molecule has 1 atom stereocenters. The number of aliphatic hydroxyl groups excluding tert-OH is 1. The van der Waals surface area contributed by atoms with Crippen LogP contribution in [-0.4, -0.2) is 52.3 Å². The molecule has 0 aliphatic carbocycles. The van der Waals surface area contributed by atoms with Crippen molar-refractivity contribution in [2.24, 2.45) is 0 Å². The normalized spacial score (nSPS) is 16.0. The Hall–Kier alpha value is -1.63. The van der Waals surface area contributed by atoms with Crippen LogP contribution in [0.5, 0.6) is 0 Å². The minimum absolute atomic E-state index is 0.273. The van der Waals surface area contributed by atoms with Gasteiger partial charge in [-0.15, -0.1) is 0 Å². The predicted molar refractivity (Wildman–Crippen MR) is 84.8 cm³/mol. The highest BCUT2D eigenvalue weighted by Gasteiger charge is 2.17. The highest BCUT2D eigenvalue weighted by atomic mass is 16.3. The van der Waals surface area contributed by atoms with Gasteiger partial charge in [0.05, 0.1) is 6.10 Å². The number of hydrogen-bond acceptors (Lipinski definition) is 7. The Bertz CT molecular complexity index is 435. The van der Waals surface area contributed by atoms with Crippen LogP contribution < -0.4 is 15.5 Å². The van der Waals surface area contributed by atoms with Crippen LogP contribution >= 0.6 is 0 Å². The number of aliphatic hydroxyl groups is 1. The summed E-state index contributed by atoms with van der Waals surface area (Å²) in [6.07, 6.45) is 3.56. The zero-order valence-corrected chi connectivity index (χ0v) is 13.0. The maximum atomic E-state index is 9.59. The molecule has 7 nitrogen and oxygen atoms in total. The third-order valence-corrected chi connectivity index (χ3v) is 3.58. The molecule has 0 spiro atoms. The summed E-state index contributed by atoms with van der Waals surface area (Å²) in [4.78, 5) is 15.5. The molecular formula is C14H26N6O. The van der Waals surface area contributed by atoms with Crippen LogP contribution in [0, 0.1) is 0 Å². The van der Waals surface area contributed by atoms with Gasteiger partial charge in [0.25, 0.3) is 0 Å². The summed E-state index contributed by atoms with van der Waals surface area (Å²) in [5.41, 5.74) is 0. The van der Waals surface area contributed by atoms with E-state index in [0.29, 0.717) is 24.9 Å². The summed E-state index contributed by atoms with van der Waals surface area (Å²) < 4.78 is 0. The molecule has 21 heavy (non-hydrogen) atoms. The maximum absolute atomic E-state index is 9.59. The Kier molecular flexibility index (Phi) is 5.98. The van der Waals surface area contributed by atoms with E-state index >= 15 is 0 Å². The molecule has 0 radical (unpaired) electrons. The van der Waals surface area contributed by atoms with Crippen LogP contribution in [0.1, 0.15) is 39.5 Å². The zero-order valence-electron chi connectivity index (χ0n) is 13.0. The van der Waals surface area contributed by atoms with Gasteiger partial charge < -0.3 is 20.6 Å². The molecular weight excluding hydrogens is 268 g/mol. The molecule has 7 heteroatoms. The summed E-state index contributed by atoms with van der Waals surface area (Å²) in [5, 5.41) is 15.9. The SMILES string of the molecule is CCNc1nc(NCCC(O)CC)nc(N2CCCC2)n1. The first kappa shape index (κ1) is 15.8. The van der Waals surface area contributed by atoms with Gasteiger partial charge in [-0.2, -0.15) is 15.0 Å². The van der Waals surface area contributed by atoms with Crippen LogP contribution in [0.2, 0.25) is 0 Å². The molecule has 1 saturated heterocycles. The monoisotopic (exact) mass is 294 g/mol. The Morgan fingerprint density at radius 2 is 1.76 bits per heavy atom. The van der Waals surface area contributed by atoms with Gasteiger partial charge in [-0.05, 0) is 32.6 Å². The second-order valence-corrected chi connectivity index (χ2v) is 5.28. The van der Waals surface area contributed by atoms with Crippen LogP contribution in [-0.2, 0) is 0 Å². The third-order valence-electron chi connectivity index (χ3n) is 3.58. The van der Waals surface area contributed by atoms with Crippen molar-refractivity contribution < 1.29 is 5.11 Å². The number of hydrogen-bond donors (Lipinski definition) is 3. The van der Waals surface area contributed by atoms with Gasteiger partial charge in [0, 0.05) is 26.2 Å². The quantitative estimate of drug-likeness (QED) is 0.669. The molecule has 1 fully saturated rings. The molecule has 0 amide bonds. The van der Waals surface area contributed by atoms with Gasteiger partial charge in [-0.1, -0.05) is 6.92 Å². The first-order chi connectivity index (χ1) is 10.2. The topological polar surface area (TPSA) is 86.2 Å². The van der Waals surface area contributed by atoms with Crippen LogP contribution in [0.15, 0.2) is 0 Å². The summed E-state index contributed by atoms with van der Waals surface area (Å²) in [6, 6.07) is 0. The second-order valence-electron chi connectivity index (χ2n) is 5.28. The summed E-state index contributed by atoms with van der Waals surface area (Å²) >= 11 is 0. The van der Waals surface area contributed by atoms with Gasteiger partial charge in [-0.3, -0.25) is 0 Å². The smallest absolute Gasteiger partial charge is 0.231 e. The Morgan fingerprint density at radius 1 is 1.10 bits per heavy atom. The molecule has 1 aromatic heterocycles. The van der Waals surface area contributed by atoms with Crippen molar-refractivity contribution in [3.05, 3.63) is 0 Å². The van der Waals surface area contributed by atoms with E-state index in [4.69, 9.17) is 0 Å². The maximum Gasteiger partial charge on any atom is 0.231 e.